The third-order valence-electron chi connectivity index (χ3n) is 9.45. The minimum absolute atomic E-state index is 0.0928. The molecule has 1 N–H and O–H groups in total. The maximum absolute atomic E-state index is 13.1. The SMILES string of the molecule is Cc1ccc(OCc2ccc(C(=O)N3CC[C@H](N(C)C)C3)cc2C)c(-c2csc(N3C[C@H]4CC[C@@H](C3)C4C(=O)O)n2)c1. The van der Waals surface area contributed by atoms with Crippen molar-refractivity contribution in [3.8, 4) is 17.0 Å². The van der Waals surface area contributed by atoms with Crippen LogP contribution in [0.1, 0.15) is 46.3 Å². The molecular formula is C33H40N4O4S. The van der Waals surface area contributed by atoms with Crippen LogP contribution >= 0.6 is 11.3 Å². The van der Waals surface area contributed by atoms with Crippen molar-refractivity contribution in [2.75, 3.05) is 45.2 Å². The maximum Gasteiger partial charge on any atom is 0.307 e. The summed E-state index contributed by atoms with van der Waals surface area (Å²) >= 11 is 1.61. The highest BCUT2D eigenvalue weighted by Gasteiger charge is 2.46. The fraction of sp³-hybridized carbons (Fsp3) is 0.485. The zero-order valence-corrected chi connectivity index (χ0v) is 25.7. The number of nitrogens with zero attached hydrogens (tertiary/aromatic N) is 4. The van der Waals surface area contributed by atoms with Gasteiger partial charge in [0.15, 0.2) is 5.13 Å². The molecule has 9 heteroatoms. The summed E-state index contributed by atoms with van der Waals surface area (Å²) in [5.74, 6) is 0.389. The van der Waals surface area contributed by atoms with Crippen LogP contribution in [0, 0.1) is 31.6 Å². The Kier molecular flexibility index (Phi) is 7.98. The molecule has 222 valence electrons. The summed E-state index contributed by atoms with van der Waals surface area (Å²) in [5.41, 5.74) is 5.76. The van der Waals surface area contributed by atoms with Gasteiger partial charge in [-0.15, -0.1) is 11.3 Å². The Bertz CT molecular complexity index is 1470. The van der Waals surface area contributed by atoms with E-state index in [9.17, 15) is 14.7 Å². The van der Waals surface area contributed by atoms with E-state index < -0.39 is 5.97 Å². The largest absolute Gasteiger partial charge is 0.488 e. The van der Waals surface area contributed by atoms with Crippen LogP contribution in [-0.4, -0.2) is 78.1 Å². The molecule has 3 fully saturated rings. The van der Waals surface area contributed by atoms with E-state index in [0.717, 1.165) is 89.8 Å². The number of aromatic nitrogens is 1. The second-order valence-corrected chi connectivity index (χ2v) is 13.3. The molecule has 6 rings (SSSR count). The second-order valence-electron chi connectivity index (χ2n) is 12.5. The van der Waals surface area contributed by atoms with Crippen LogP contribution in [0.2, 0.25) is 0 Å². The van der Waals surface area contributed by atoms with Crippen molar-refractivity contribution >= 4 is 28.3 Å². The molecule has 2 saturated heterocycles. The van der Waals surface area contributed by atoms with Crippen molar-refractivity contribution in [3.05, 3.63) is 64.0 Å². The molecule has 4 atom stereocenters. The lowest BCUT2D eigenvalue weighted by molar-refractivity contribution is -0.144. The lowest BCUT2D eigenvalue weighted by Gasteiger charge is -2.35. The van der Waals surface area contributed by atoms with Gasteiger partial charge in [-0.3, -0.25) is 9.59 Å². The van der Waals surface area contributed by atoms with E-state index in [0.29, 0.717) is 12.6 Å². The van der Waals surface area contributed by atoms with E-state index in [1.54, 1.807) is 11.3 Å². The van der Waals surface area contributed by atoms with Gasteiger partial charge in [0, 0.05) is 48.7 Å². The molecule has 1 saturated carbocycles. The molecule has 3 aliphatic rings. The van der Waals surface area contributed by atoms with Crippen LogP contribution < -0.4 is 9.64 Å². The van der Waals surface area contributed by atoms with Gasteiger partial charge < -0.3 is 24.5 Å². The van der Waals surface area contributed by atoms with E-state index in [1.165, 1.54) is 0 Å². The molecule has 1 aromatic heterocycles. The first-order valence-corrected chi connectivity index (χ1v) is 15.8. The molecule has 3 aromatic rings. The molecule has 3 heterocycles. The number of likely N-dealkylation sites (N-methyl/N-ethyl adjacent to an activating group) is 1. The third kappa shape index (κ3) is 5.64. The van der Waals surface area contributed by atoms with E-state index in [2.05, 4.69) is 42.3 Å². The topological polar surface area (TPSA) is 86.2 Å². The molecule has 0 radical (unpaired) electrons. The normalized spacial score (nSPS) is 23.5. The van der Waals surface area contributed by atoms with Crippen molar-refractivity contribution in [1.82, 2.24) is 14.8 Å². The van der Waals surface area contributed by atoms with E-state index in [-0.39, 0.29) is 23.7 Å². The number of carboxylic acid groups (broad SMARTS) is 1. The summed E-state index contributed by atoms with van der Waals surface area (Å²) in [4.78, 5) is 36.3. The number of ether oxygens (including phenoxy) is 1. The van der Waals surface area contributed by atoms with Crippen molar-refractivity contribution in [1.29, 1.82) is 0 Å². The molecule has 2 aliphatic heterocycles. The summed E-state index contributed by atoms with van der Waals surface area (Å²) in [6.45, 7) is 7.56. The van der Waals surface area contributed by atoms with Crippen LogP contribution in [0.4, 0.5) is 5.13 Å². The molecule has 0 spiro atoms. The molecule has 8 nitrogen and oxygen atoms in total. The van der Waals surface area contributed by atoms with Crippen molar-refractivity contribution in [2.45, 2.75) is 45.8 Å². The highest BCUT2D eigenvalue weighted by atomic mass is 32.1. The summed E-state index contributed by atoms with van der Waals surface area (Å²) < 4.78 is 6.38. The molecular weight excluding hydrogens is 548 g/mol. The number of anilines is 1. The number of thiazole rings is 1. The Morgan fingerprint density at radius 2 is 1.81 bits per heavy atom. The maximum atomic E-state index is 13.1. The molecule has 42 heavy (non-hydrogen) atoms. The summed E-state index contributed by atoms with van der Waals surface area (Å²) in [6, 6.07) is 12.5. The Morgan fingerprint density at radius 1 is 1.05 bits per heavy atom. The lowest BCUT2D eigenvalue weighted by Crippen LogP contribution is -2.44. The Morgan fingerprint density at radius 3 is 2.48 bits per heavy atom. The molecule has 1 amide bonds. The van der Waals surface area contributed by atoms with Gasteiger partial charge in [-0.05, 0) is 94.4 Å². The standard InChI is InChI=1S/C33H40N4O4S/c1-20-5-10-29(41-18-25-9-6-22(14-21(25)2)31(38)36-12-11-26(17-36)35(3)4)27(13-20)28-19-42-33(34-28)37-15-23-7-8-24(16-37)30(23)32(39)40/h5-6,9-10,13-14,19,23-24,26,30H,7-8,11-12,15-18H2,1-4H3,(H,39,40)/t23-,24+,26-,30?/m0/s1. The highest BCUT2D eigenvalue weighted by Crippen LogP contribution is 2.44. The number of carboxylic acids is 1. The summed E-state index contributed by atoms with van der Waals surface area (Å²) in [7, 11) is 4.14. The first-order valence-electron chi connectivity index (χ1n) is 14.9. The van der Waals surface area contributed by atoms with Gasteiger partial charge in [0.1, 0.15) is 12.4 Å². The number of fused-ring (bicyclic) bond motifs is 2. The van der Waals surface area contributed by atoms with E-state index >= 15 is 0 Å². The average molecular weight is 589 g/mol. The van der Waals surface area contributed by atoms with Gasteiger partial charge in [0.25, 0.3) is 5.91 Å². The smallest absolute Gasteiger partial charge is 0.307 e. The number of benzene rings is 2. The monoisotopic (exact) mass is 588 g/mol. The minimum Gasteiger partial charge on any atom is -0.488 e. The first-order chi connectivity index (χ1) is 20.2. The van der Waals surface area contributed by atoms with Crippen LogP contribution in [0.15, 0.2) is 41.8 Å². The molecule has 2 aromatic carbocycles. The van der Waals surface area contributed by atoms with E-state index in [1.807, 2.05) is 42.2 Å². The number of amides is 1. The van der Waals surface area contributed by atoms with Crippen molar-refractivity contribution < 1.29 is 19.4 Å². The number of aryl methyl sites for hydroxylation is 2. The van der Waals surface area contributed by atoms with Gasteiger partial charge in [-0.25, -0.2) is 4.98 Å². The lowest BCUT2D eigenvalue weighted by atomic mass is 9.85. The van der Waals surface area contributed by atoms with Gasteiger partial charge >= 0.3 is 5.97 Å². The second kappa shape index (κ2) is 11.7. The number of rotatable bonds is 8. The van der Waals surface area contributed by atoms with Crippen LogP contribution in [0.5, 0.6) is 5.75 Å². The minimum atomic E-state index is -0.648. The average Bonchev–Trinajstić information content (AvgIpc) is 3.71. The predicted molar refractivity (Wildman–Crippen MR) is 165 cm³/mol. The predicted octanol–water partition coefficient (Wildman–Crippen LogP) is 5.33. The van der Waals surface area contributed by atoms with Crippen LogP contribution in [0.3, 0.4) is 0 Å². The van der Waals surface area contributed by atoms with Crippen molar-refractivity contribution in [2.24, 2.45) is 17.8 Å². The Hall–Kier alpha value is -3.43. The summed E-state index contributed by atoms with van der Waals surface area (Å²) in [6.07, 6.45) is 2.97. The number of carbonyl (C=O) groups excluding carboxylic acids is 1. The molecule has 1 aliphatic carbocycles. The first kappa shape index (κ1) is 28.7. The molecule has 2 bridgehead atoms. The Balaban J connectivity index is 1.14. The summed E-state index contributed by atoms with van der Waals surface area (Å²) in [5, 5.41) is 12.7. The van der Waals surface area contributed by atoms with E-state index in [4.69, 9.17) is 9.72 Å². The number of piperidine rings is 1. The number of likely N-dealkylation sites (tertiary alicyclic amines) is 1. The van der Waals surface area contributed by atoms with Gasteiger partial charge in [0.05, 0.1) is 11.6 Å². The Labute approximate surface area is 251 Å². The number of hydrogen-bond acceptors (Lipinski definition) is 7. The zero-order chi connectivity index (χ0) is 29.5. The number of aliphatic carboxylic acids is 1. The number of hydrogen-bond donors (Lipinski definition) is 1. The zero-order valence-electron chi connectivity index (χ0n) is 24.9. The van der Waals surface area contributed by atoms with Gasteiger partial charge in [-0.1, -0.05) is 17.7 Å². The third-order valence-corrected chi connectivity index (χ3v) is 10.3. The fourth-order valence-corrected chi connectivity index (χ4v) is 7.81. The van der Waals surface area contributed by atoms with Crippen LogP contribution in [-0.2, 0) is 11.4 Å². The van der Waals surface area contributed by atoms with Gasteiger partial charge in [-0.2, -0.15) is 0 Å². The number of carbonyl (C=O) groups is 2. The van der Waals surface area contributed by atoms with Crippen molar-refractivity contribution in [3.63, 3.8) is 0 Å². The highest BCUT2D eigenvalue weighted by molar-refractivity contribution is 7.14. The fourth-order valence-electron chi connectivity index (χ4n) is 6.96. The quantitative estimate of drug-likeness (QED) is 0.381. The molecule has 1 unspecified atom stereocenters. The van der Waals surface area contributed by atoms with Gasteiger partial charge in [0.2, 0.25) is 0 Å². The van der Waals surface area contributed by atoms with Crippen LogP contribution in [0.25, 0.3) is 11.3 Å².